The van der Waals surface area contributed by atoms with Crippen LogP contribution in [0.5, 0.6) is 5.75 Å². The number of aliphatic carboxylic acids is 1. The summed E-state index contributed by atoms with van der Waals surface area (Å²) in [6.45, 7) is 1.79. The van der Waals surface area contributed by atoms with Gasteiger partial charge in [0.05, 0.1) is 0 Å². The summed E-state index contributed by atoms with van der Waals surface area (Å²) in [7, 11) is 0. The molecule has 0 aliphatic rings. The molecule has 0 bridgehead atoms. The number of carboxylic acids is 1. The van der Waals surface area contributed by atoms with Gasteiger partial charge >= 0.3 is 5.97 Å². The quantitative estimate of drug-likeness (QED) is 0.731. The highest BCUT2D eigenvalue weighted by molar-refractivity contribution is 5.83. The summed E-state index contributed by atoms with van der Waals surface area (Å²) in [5.74, 6) is -0.877. The number of nitrogens with zero attached hydrogens (tertiary/aromatic N) is 1. The fraction of sp³-hybridized carbons (Fsp3) is 0.200. The normalized spacial score (nSPS) is 12.1. The number of carbonyl (C=O) groups is 1. The highest BCUT2D eigenvalue weighted by Crippen LogP contribution is 2.21. The van der Waals surface area contributed by atoms with Crippen molar-refractivity contribution in [1.29, 1.82) is 0 Å². The van der Waals surface area contributed by atoms with E-state index in [9.17, 15) is 19.1 Å². The standard InChI is InChI=1S/C20H18FNO4/c1-2-18(20(24)25)22-10-9-13-11-15(7-8-16(13)19(22)23)26-12-14-5-3-4-6-17(14)21/h3-11,18H,2,12H2,1H3,(H,24,25). The van der Waals surface area contributed by atoms with Crippen LogP contribution in [0.25, 0.3) is 10.8 Å². The molecule has 6 heteroatoms. The van der Waals surface area contributed by atoms with E-state index >= 15 is 0 Å². The van der Waals surface area contributed by atoms with Crippen molar-refractivity contribution in [2.45, 2.75) is 26.0 Å². The SMILES string of the molecule is CCC(C(=O)O)n1ccc2cc(OCc3ccccc3F)ccc2c1=O. The lowest BCUT2D eigenvalue weighted by Gasteiger charge is -2.14. The van der Waals surface area contributed by atoms with Gasteiger partial charge in [-0.1, -0.05) is 25.1 Å². The third-order valence-corrected chi connectivity index (χ3v) is 4.26. The Labute approximate surface area is 149 Å². The van der Waals surface area contributed by atoms with Crippen LogP contribution in [0.3, 0.4) is 0 Å². The third kappa shape index (κ3) is 3.44. The summed E-state index contributed by atoms with van der Waals surface area (Å²) < 4.78 is 20.5. The zero-order valence-electron chi connectivity index (χ0n) is 14.2. The molecule has 0 saturated heterocycles. The fourth-order valence-electron chi connectivity index (χ4n) is 2.84. The minimum atomic E-state index is -1.04. The Morgan fingerprint density at radius 2 is 2.00 bits per heavy atom. The number of rotatable bonds is 6. The minimum absolute atomic E-state index is 0.0756. The lowest BCUT2D eigenvalue weighted by Crippen LogP contribution is -2.29. The molecule has 0 saturated carbocycles. The Kier molecular flexibility index (Phi) is 5.02. The first-order valence-corrected chi connectivity index (χ1v) is 8.25. The van der Waals surface area contributed by atoms with Crippen molar-refractivity contribution >= 4 is 16.7 Å². The van der Waals surface area contributed by atoms with Gasteiger partial charge in [0.15, 0.2) is 0 Å². The van der Waals surface area contributed by atoms with E-state index in [2.05, 4.69) is 0 Å². The van der Waals surface area contributed by atoms with Gasteiger partial charge in [-0.2, -0.15) is 0 Å². The first kappa shape index (κ1) is 17.7. The van der Waals surface area contributed by atoms with E-state index in [0.717, 1.165) is 0 Å². The molecule has 1 unspecified atom stereocenters. The monoisotopic (exact) mass is 355 g/mol. The Morgan fingerprint density at radius 1 is 1.23 bits per heavy atom. The Morgan fingerprint density at radius 3 is 2.69 bits per heavy atom. The van der Waals surface area contributed by atoms with Crippen molar-refractivity contribution in [2.75, 3.05) is 0 Å². The molecule has 5 nitrogen and oxygen atoms in total. The minimum Gasteiger partial charge on any atom is -0.489 e. The van der Waals surface area contributed by atoms with E-state index in [1.807, 2.05) is 0 Å². The van der Waals surface area contributed by atoms with Crippen molar-refractivity contribution in [3.05, 3.63) is 76.5 Å². The number of pyridine rings is 1. The molecule has 0 fully saturated rings. The number of hydrogen-bond acceptors (Lipinski definition) is 3. The summed E-state index contributed by atoms with van der Waals surface area (Å²) >= 11 is 0. The number of aromatic nitrogens is 1. The number of hydrogen-bond donors (Lipinski definition) is 1. The molecule has 0 amide bonds. The first-order valence-electron chi connectivity index (χ1n) is 8.25. The van der Waals surface area contributed by atoms with E-state index in [1.54, 1.807) is 49.4 Å². The number of fused-ring (bicyclic) bond motifs is 1. The molecular weight excluding hydrogens is 337 g/mol. The number of carboxylic acid groups (broad SMARTS) is 1. The molecule has 1 aromatic heterocycles. The summed E-state index contributed by atoms with van der Waals surface area (Å²) in [4.78, 5) is 23.9. The molecular formula is C20H18FNO4. The molecule has 1 N–H and O–H groups in total. The van der Waals surface area contributed by atoms with Crippen LogP contribution in [0, 0.1) is 5.82 Å². The highest BCUT2D eigenvalue weighted by Gasteiger charge is 2.19. The van der Waals surface area contributed by atoms with Crippen LogP contribution in [-0.4, -0.2) is 15.6 Å². The predicted molar refractivity (Wildman–Crippen MR) is 95.9 cm³/mol. The molecule has 0 radical (unpaired) electrons. The van der Waals surface area contributed by atoms with E-state index < -0.39 is 12.0 Å². The van der Waals surface area contributed by atoms with E-state index in [4.69, 9.17) is 4.74 Å². The molecule has 26 heavy (non-hydrogen) atoms. The molecule has 3 rings (SSSR count). The second-order valence-corrected chi connectivity index (χ2v) is 5.92. The van der Waals surface area contributed by atoms with Gasteiger partial charge in [-0.3, -0.25) is 4.79 Å². The zero-order valence-corrected chi connectivity index (χ0v) is 14.2. The van der Waals surface area contributed by atoms with Crippen molar-refractivity contribution in [2.24, 2.45) is 0 Å². The molecule has 1 heterocycles. The van der Waals surface area contributed by atoms with Gasteiger partial charge in [0.1, 0.15) is 24.2 Å². The van der Waals surface area contributed by atoms with E-state index in [0.29, 0.717) is 28.5 Å². The second kappa shape index (κ2) is 7.39. The van der Waals surface area contributed by atoms with Gasteiger partial charge < -0.3 is 14.4 Å². The van der Waals surface area contributed by atoms with Crippen LogP contribution in [0.4, 0.5) is 4.39 Å². The third-order valence-electron chi connectivity index (χ3n) is 4.26. The average Bonchev–Trinajstić information content (AvgIpc) is 2.63. The van der Waals surface area contributed by atoms with E-state index in [-0.39, 0.29) is 18.0 Å². The maximum absolute atomic E-state index is 13.6. The Bertz CT molecular complexity index is 1010. The fourth-order valence-corrected chi connectivity index (χ4v) is 2.84. The van der Waals surface area contributed by atoms with Crippen LogP contribution in [-0.2, 0) is 11.4 Å². The lowest BCUT2D eigenvalue weighted by atomic mass is 10.1. The van der Waals surface area contributed by atoms with Crippen LogP contribution < -0.4 is 10.3 Å². The molecule has 0 aliphatic carbocycles. The van der Waals surface area contributed by atoms with Crippen LogP contribution in [0.15, 0.2) is 59.5 Å². The molecule has 0 aliphatic heterocycles. The van der Waals surface area contributed by atoms with Crippen LogP contribution in [0.2, 0.25) is 0 Å². The summed E-state index contributed by atoms with van der Waals surface area (Å²) in [5, 5.41) is 10.3. The van der Waals surface area contributed by atoms with Gasteiger partial charge in [0.2, 0.25) is 0 Å². The number of halogens is 1. The van der Waals surface area contributed by atoms with Gasteiger partial charge in [0.25, 0.3) is 5.56 Å². The largest absolute Gasteiger partial charge is 0.489 e. The number of benzene rings is 2. The average molecular weight is 355 g/mol. The maximum atomic E-state index is 13.6. The molecule has 134 valence electrons. The van der Waals surface area contributed by atoms with Crippen molar-refractivity contribution in [3.8, 4) is 5.75 Å². The van der Waals surface area contributed by atoms with Crippen LogP contribution in [0.1, 0.15) is 24.9 Å². The lowest BCUT2D eigenvalue weighted by molar-refractivity contribution is -0.141. The summed E-state index contributed by atoms with van der Waals surface area (Å²) in [5.41, 5.74) is 0.0765. The molecule has 2 aromatic carbocycles. The zero-order chi connectivity index (χ0) is 18.7. The smallest absolute Gasteiger partial charge is 0.326 e. The molecule has 0 spiro atoms. The summed E-state index contributed by atoms with van der Waals surface area (Å²) in [6, 6.07) is 12.0. The highest BCUT2D eigenvalue weighted by atomic mass is 19.1. The van der Waals surface area contributed by atoms with E-state index in [1.165, 1.54) is 16.8 Å². The van der Waals surface area contributed by atoms with Crippen LogP contribution >= 0.6 is 0 Å². The van der Waals surface area contributed by atoms with Gasteiger partial charge in [-0.05, 0) is 42.1 Å². The Balaban J connectivity index is 1.89. The number of ether oxygens (including phenoxy) is 1. The van der Waals surface area contributed by atoms with Crippen molar-refractivity contribution < 1.29 is 19.0 Å². The Hall–Kier alpha value is -3.15. The van der Waals surface area contributed by atoms with Crippen molar-refractivity contribution in [1.82, 2.24) is 4.57 Å². The van der Waals surface area contributed by atoms with Gasteiger partial charge in [-0.25, -0.2) is 9.18 Å². The molecule has 1 atom stereocenters. The van der Waals surface area contributed by atoms with Gasteiger partial charge in [0, 0.05) is 17.1 Å². The predicted octanol–water partition coefficient (Wildman–Crippen LogP) is 3.76. The van der Waals surface area contributed by atoms with Crippen molar-refractivity contribution in [3.63, 3.8) is 0 Å². The topological polar surface area (TPSA) is 68.5 Å². The summed E-state index contributed by atoms with van der Waals surface area (Å²) in [6.07, 6.45) is 1.79. The molecule has 3 aromatic rings. The first-order chi connectivity index (χ1) is 12.5. The second-order valence-electron chi connectivity index (χ2n) is 5.92. The maximum Gasteiger partial charge on any atom is 0.326 e. The van der Waals surface area contributed by atoms with Gasteiger partial charge in [-0.15, -0.1) is 0 Å².